The maximum atomic E-state index is 13.3. The molecule has 4 atom stereocenters. The summed E-state index contributed by atoms with van der Waals surface area (Å²) in [4.78, 5) is 15.0. The SMILES string of the molecule is C#C[C@@H](C)[C@]12O[C@H]1[C@H](C#C[Si](C)(C)C)N(C(=O)Oc1ccccc1)c1ccccc12. The monoisotopic (exact) mass is 415 g/mol. The van der Waals surface area contributed by atoms with Gasteiger partial charge in [-0.3, -0.25) is 4.90 Å². The Hall–Kier alpha value is -2.99. The highest BCUT2D eigenvalue weighted by molar-refractivity contribution is 6.83. The number of hydrogen-bond donors (Lipinski definition) is 0. The molecule has 2 aliphatic rings. The van der Waals surface area contributed by atoms with Gasteiger partial charge in [-0.15, -0.1) is 17.9 Å². The Morgan fingerprint density at radius 3 is 2.50 bits per heavy atom. The van der Waals surface area contributed by atoms with Crippen molar-refractivity contribution < 1.29 is 14.3 Å². The number of nitrogens with zero attached hydrogens (tertiary/aromatic N) is 1. The molecule has 4 nitrogen and oxygen atoms in total. The van der Waals surface area contributed by atoms with E-state index in [1.54, 1.807) is 17.0 Å². The van der Waals surface area contributed by atoms with Crippen molar-refractivity contribution in [3.8, 4) is 29.6 Å². The molecule has 0 N–H and O–H groups in total. The summed E-state index contributed by atoms with van der Waals surface area (Å²) in [6.45, 7) is 8.51. The van der Waals surface area contributed by atoms with Crippen LogP contribution in [0.2, 0.25) is 19.6 Å². The number of anilines is 1. The van der Waals surface area contributed by atoms with Gasteiger partial charge in [0, 0.05) is 5.56 Å². The van der Waals surface area contributed by atoms with Gasteiger partial charge in [-0.2, -0.15) is 0 Å². The van der Waals surface area contributed by atoms with Crippen molar-refractivity contribution in [3.05, 3.63) is 60.2 Å². The van der Waals surface area contributed by atoms with Gasteiger partial charge < -0.3 is 9.47 Å². The van der Waals surface area contributed by atoms with E-state index in [0.717, 1.165) is 11.3 Å². The Morgan fingerprint density at radius 1 is 1.17 bits per heavy atom. The third-order valence-electron chi connectivity index (χ3n) is 5.47. The number of ether oxygens (including phenoxy) is 2. The Kier molecular flexibility index (Phi) is 4.98. The van der Waals surface area contributed by atoms with Crippen molar-refractivity contribution >= 4 is 19.9 Å². The lowest BCUT2D eigenvalue weighted by atomic mass is 9.78. The van der Waals surface area contributed by atoms with Crippen LogP contribution >= 0.6 is 0 Å². The van der Waals surface area contributed by atoms with E-state index in [4.69, 9.17) is 15.9 Å². The third kappa shape index (κ3) is 3.41. The number of epoxide rings is 1. The number of amides is 1. The lowest BCUT2D eigenvalue weighted by Crippen LogP contribution is -2.50. The van der Waals surface area contributed by atoms with Crippen LogP contribution in [-0.2, 0) is 10.3 Å². The van der Waals surface area contributed by atoms with E-state index in [1.807, 2.05) is 49.4 Å². The molecule has 1 saturated heterocycles. The standard InChI is InChI=1S/C25H25NO3Si/c1-6-18(2)25-20-14-10-11-15-21(20)26(24(27)28-19-12-8-7-9-13-19)22(23(25)29-25)16-17-30(3,4)5/h1,7-15,18,22-23H,2-5H3/t18-,22+,23+,25-/m1/s1. The normalized spacial score (nSPS) is 25.0. The van der Waals surface area contributed by atoms with Crippen LogP contribution in [0.15, 0.2) is 54.6 Å². The Bertz CT molecular complexity index is 1070. The molecule has 0 radical (unpaired) electrons. The minimum Gasteiger partial charge on any atom is -0.410 e. The van der Waals surface area contributed by atoms with Gasteiger partial charge in [0.2, 0.25) is 0 Å². The molecular weight excluding hydrogens is 390 g/mol. The van der Waals surface area contributed by atoms with Crippen molar-refractivity contribution in [2.24, 2.45) is 5.92 Å². The molecular formula is C25H25NO3Si. The second-order valence-electron chi connectivity index (χ2n) is 8.75. The number of carbonyl (C=O) groups excluding carboxylic acids is 1. The highest BCUT2D eigenvalue weighted by Gasteiger charge is 2.69. The molecule has 4 rings (SSSR count). The van der Waals surface area contributed by atoms with Gasteiger partial charge >= 0.3 is 6.09 Å². The van der Waals surface area contributed by atoms with Gasteiger partial charge in [0.25, 0.3) is 0 Å². The van der Waals surface area contributed by atoms with E-state index in [0.29, 0.717) is 5.75 Å². The molecule has 152 valence electrons. The molecule has 1 fully saturated rings. The zero-order chi connectivity index (χ0) is 21.5. The molecule has 2 aromatic rings. The molecule has 0 aromatic heterocycles. The van der Waals surface area contributed by atoms with Crippen LogP contribution < -0.4 is 9.64 Å². The average molecular weight is 416 g/mol. The van der Waals surface area contributed by atoms with Gasteiger partial charge in [-0.05, 0) is 25.1 Å². The predicted octanol–water partition coefficient (Wildman–Crippen LogP) is 4.82. The summed E-state index contributed by atoms with van der Waals surface area (Å²) in [5, 5.41) is 0. The van der Waals surface area contributed by atoms with Crippen molar-refractivity contribution in [3.63, 3.8) is 0 Å². The largest absolute Gasteiger partial charge is 0.420 e. The van der Waals surface area contributed by atoms with Gasteiger partial charge in [0.15, 0.2) is 0 Å². The number of para-hydroxylation sites is 2. The smallest absolute Gasteiger partial charge is 0.410 e. The van der Waals surface area contributed by atoms with Crippen molar-refractivity contribution in [2.45, 2.75) is 44.3 Å². The van der Waals surface area contributed by atoms with Gasteiger partial charge in [0.05, 0.1) is 11.6 Å². The summed E-state index contributed by atoms with van der Waals surface area (Å²) in [5.41, 5.74) is 4.45. The summed E-state index contributed by atoms with van der Waals surface area (Å²) in [7, 11) is -1.68. The molecule has 0 aliphatic carbocycles. The number of rotatable bonds is 2. The van der Waals surface area contributed by atoms with E-state index in [9.17, 15) is 4.79 Å². The van der Waals surface area contributed by atoms with Crippen LogP contribution in [0, 0.1) is 29.7 Å². The summed E-state index contributed by atoms with van der Waals surface area (Å²) < 4.78 is 12.0. The minimum atomic E-state index is -1.68. The molecule has 0 saturated carbocycles. The third-order valence-corrected chi connectivity index (χ3v) is 6.36. The van der Waals surface area contributed by atoms with Crippen LogP contribution in [0.25, 0.3) is 0 Å². The first-order valence-electron chi connectivity index (χ1n) is 10.1. The number of benzene rings is 2. The fraction of sp³-hybridized carbons (Fsp3) is 0.320. The van der Waals surface area contributed by atoms with Gasteiger partial charge in [0.1, 0.15) is 31.6 Å². The van der Waals surface area contributed by atoms with Crippen LogP contribution in [-0.4, -0.2) is 26.3 Å². The molecule has 0 unspecified atom stereocenters. The molecule has 2 aromatic carbocycles. The van der Waals surface area contributed by atoms with Crippen molar-refractivity contribution in [1.82, 2.24) is 0 Å². The summed E-state index contributed by atoms with van der Waals surface area (Å²) in [6, 6.07) is 16.3. The van der Waals surface area contributed by atoms with Crippen molar-refractivity contribution in [2.75, 3.05) is 4.90 Å². The molecule has 2 aliphatic heterocycles. The Balaban J connectivity index is 1.82. The number of carbonyl (C=O) groups is 1. The number of fused-ring (bicyclic) bond motifs is 3. The topological polar surface area (TPSA) is 42.1 Å². The minimum absolute atomic E-state index is 0.146. The second-order valence-corrected chi connectivity index (χ2v) is 13.5. The van der Waals surface area contributed by atoms with Crippen LogP contribution in [0.1, 0.15) is 12.5 Å². The van der Waals surface area contributed by atoms with Gasteiger partial charge in [-0.1, -0.05) is 62.0 Å². The quantitative estimate of drug-likeness (QED) is 0.401. The second kappa shape index (κ2) is 7.36. The lowest BCUT2D eigenvalue weighted by Gasteiger charge is -2.35. The predicted molar refractivity (Wildman–Crippen MR) is 121 cm³/mol. The van der Waals surface area contributed by atoms with Crippen molar-refractivity contribution in [1.29, 1.82) is 0 Å². The maximum Gasteiger partial charge on any atom is 0.420 e. The fourth-order valence-corrected chi connectivity index (χ4v) is 4.56. The molecule has 2 heterocycles. The summed E-state index contributed by atoms with van der Waals surface area (Å²) in [5.74, 6) is 6.54. The fourth-order valence-electron chi connectivity index (χ4n) is 3.98. The van der Waals surface area contributed by atoms with Crippen LogP contribution in [0.3, 0.4) is 0 Å². The first kappa shape index (κ1) is 20.3. The highest BCUT2D eigenvalue weighted by Crippen LogP contribution is 2.60. The highest BCUT2D eigenvalue weighted by atomic mass is 28.3. The average Bonchev–Trinajstić information content (AvgIpc) is 3.48. The van der Waals surface area contributed by atoms with E-state index < -0.39 is 25.8 Å². The molecule has 30 heavy (non-hydrogen) atoms. The first-order chi connectivity index (χ1) is 14.3. The molecule has 0 spiro atoms. The van der Waals surface area contributed by atoms with E-state index in [-0.39, 0.29) is 12.0 Å². The zero-order valence-corrected chi connectivity index (χ0v) is 18.7. The molecule has 1 amide bonds. The van der Waals surface area contributed by atoms with E-state index in [1.165, 1.54) is 0 Å². The van der Waals surface area contributed by atoms with Crippen LogP contribution in [0.4, 0.5) is 10.5 Å². The first-order valence-corrected chi connectivity index (χ1v) is 13.6. The van der Waals surface area contributed by atoms with Crippen LogP contribution in [0.5, 0.6) is 5.75 Å². The summed E-state index contributed by atoms with van der Waals surface area (Å²) in [6.07, 6.45) is 5.04. The number of hydrogen-bond acceptors (Lipinski definition) is 3. The molecule has 5 heteroatoms. The maximum absolute atomic E-state index is 13.3. The summed E-state index contributed by atoms with van der Waals surface area (Å²) >= 11 is 0. The Labute approximate surface area is 179 Å². The zero-order valence-electron chi connectivity index (χ0n) is 17.7. The number of terminal acetylenes is 1. The van der Waals surface area contributed by atoms with Gasteiger partial charge in [-0.25, -0.2) is 4.79 Å². The Morgan fingerprint density at radius 2 is 1.83 bits per heavy atom. The molecule has 0 bridgehead atoms. The van der Waals surface area contributed by atoms with E-state index >= 15 is 0 Å². The van der Waals surface area contributed by atoms with E-state index in [2.05, 4.69) is 37.0 Å². The lowest BCUT2D eigenvalue weighted by molar-refractivity contribution is 0.204.